The van der Waals surface area contributed by atoms with Crippen LogP contribution in [0.1, 0.15) is 11.4 Å². The predicted molar refractivity (Wildman–Crippen MR) is 124 cm³/mol. The van der Waals surface area contributed by atoms with Crippen molar-refractivity contribution in [3.05, 3.63) is 66.0 Å². The summed E-state index contributed by atoms with van der Waals surface area (Å²) in [4.78, 5) is 14.8. The maximum absolute atomic E-state index is 13.9. The second-order valence-electron chi connectivity index (χ2n) is 7.81. The van der Waals surface area contributed by atoms with Crippen LogP contribution in [0, 0.1) is 30.0 Å². The summed E-state index contributed by atoms with van der Waals surface area (Å²) in [6.45, 7) is 5.08. The Morgan fingerprint density at radius 2 is 2.00 bits per heavy atom. The first-order valence-electron chi connectivity index (χ1n) is 10.8. The van der Waals surface area contributed by atoms with Crippen molar-refractivity contribution in [3.8, 4) is 28.7 Å². The molecule has 1 fully saturated rings. The van der Waals surface area contributed by atoms with Crippen LogP contribution in [-0.2, 0) is 17.9 Å². The molecule has 1 saturated heterocycles. The summed E-state index contributed by atoms with van der Waals surface area (Å²) in [6.07, 6.45) is 3.71. The molecule has 8 nitrogen and oxygen atoms in total. The molecule has 34 heavy (non-hydrogen) atoms. The van der Waals surface area contributed by atoms with E-state index < -0.39 is 0 Å². The van der Waals surface area contributed by atoms with E-state index in [4.69, 9.17) is 24.6 Å². The molecule has 1 aliphatic rings. The number of benzene rings is 2. The van der Waals surface area contributed by atoms with Gasteiger partial charge in [-0.15, -0.1) is 0 Å². The second-order valence-corrected chi connectivity index (χ2v) is 7.81. The highest BCUT2D eigenvalue weighted by molar-refractivity contribution is 5.72. The van der Waals surface area contributed by atoms with Crippen LogP contribution in [0.15, 0.2) is 48.8 Å². The van der Waals surface area contributed by atoms with Gasteiger partial charge < -0.3 is 19.1 Å². The van der Waals surface area contributed by atoms with E-state index in [1.165, 1.54) is 12.1 Å². The van der Waals surface area contributed by atoms with Gasteiger partial charge in [0.25, 0.3) is 6.47 Å². The first-order chi connectivity index (χ1) is 16.5. The summed E-state index contributed by atoms with van der Waals surface area (Å²) in [5.41, 5.74) is 2.56. The van der Waals surface area contributed by atoms with Gasteiger partial charge in [-0.25, -0.2) is 9.37 Å². The van der Waals surface area contributed by atoms with Crippen molar-refractivity contribution in [3.63, 3.8) is 0 Å². The van der Waals surface area contributed by atoms with Crippen LogP contribution in [0.5, 0.6) is 11.5 Å². The van der Waals surface area contributed by atoms with Gasteiger partial charge in [0.05, 0.1) is 25.6 Å². The minimum Gasteiger partial charge on any atom is -0.496 e. The molecule has 2 aromatic carbocycles. The lowest BCUT2D eigenvalue weighted by atomic mass is 9.98. The van der Waals surface area contributed by atoms with Gasteiger partial charge in [0.1, 0.15) is 29.7 Å². The minimum atomic E-state index is -0.312. The fourth-order valence-corrected chi connectivity index (χ4v) is 3.83. The molecule has 9 heteroatoms. The predicted octanol–water partition coefficient (Wildman–Crippen LogP) is 3.74. The average Bonchev–Trinajstić information content (AvgIpc) is 3.21. The van der Waals surface area contributed by atoms with Crippen molar-refractivity contribution < 1.29 is 23.8 Å². The highest BCUT2D eigenvalue weighted by atomic mass is 19.1. The zero-order chi connectivity index (χ0) is 24.5. The molecule has 0 saturated carbocycles. The van der Waals surface area contributed by atoms with E-state index in [0.717, 1.165) is 35.8 Å². The Balaban J connectivity index is 0.00000103. The van der Waals surface area contributed by atoms with Gasteiger partial charge in [-0.3, -0.25) is 9.69 Å². The average molecular weight is 467 g/mol. The quantitative estimate of drug-likeness (QED) is 0.505. The molecule has 4 rings (SSSR count). The fraction of sp³-hybridized carbons (Fsp3) is 0.320. The van der Waals surface area contributed by atoms with Gasteiger partial charge >= 0.3 is 0 Å². The summed E-state index contributed by atoms with van der Waals surface area (Å²) >= 11 is 0. The van der Waals surface area contributed by atoms with Crippen molar-refractivity contribution in [2.75, 3.05) is 26.8 Å². The topological polar surface area (TPSA) is 101 Å². The van der Waals surface area contributed by atoms with Crippen LogP contribution in [-0.4, -0.2) is 52.8 Å². The summed E-state index contributed by atoms with van der Waals surface area (Å²) in [7, 11) is 1.58. The number of halogens is 1. The number of hydrogen-bond donors (Lipinski definition) is 1. The summed E-state index contributed by atoms with van der Waals surface area (Å²) in [5.74, 6) is 2.12. The minimum absolute atomic E-state index is 0.0834. The lowest BCUT2D eigenvalue weighted by molar-refractivity contribution is -0.122. The van der Waals surface area contributed by atoms with E-state index in [0.29, 0.717) is 31.0 Å². The third kappa shape index (κ3) is 6.11. The van der Waals surface area contributed by atoms with Crippen LogP contribution >= 0.6 is 0 Å². The Morgan fingerprint density at radius 3 is 2.65 bits per heavy atom. The summed E-state index contributed by atoms with van der Waals surface area (Å²) in [5, 5.41) is 16.0. The molecule has 1 aliphatic heterocycles. The first-order valence-corrected chi connectivity index (χ1v) is 10.8. The van der Waals surface area contributed by atoms with E-state index in [1.807, 2.05) is 35.9 Å². The van der Waals surface area contributed by atoms with Crippen LogP contribution in [0.4, 0.5) is 4.39 Å². The molecular weight excluding hydrogens is 439 g/mol. The molecule has 0 spiro atoms. The molecule has 1 N–H and O–H groups in total. The Bertz CT molecular complexity index is 1150. The third-order valence-electron chi connectivity index (χ3n) is 5.58. The molecule has 1 aromatic heterocycles. The molecule has 0 amide bonds. The van der Waals surface area contributed by atoms with Crippen molar-refractivity contribution in [1.29, 1.82) is 5.26 Å². The Kier molecular flexibility index (Phi) is 8.60. The number of carboxylic acid groups (broad SMARTS) is 1. The highest BCUT2D eigenvalue weighted by Gasteiger charge is 2.27. The Hall–Kier alpha value is -3.90. The van der Waals surface area contributed by atoms with Crippen LogP contribution in [0.2, 0.25) is 0 Å². The summed E-state index contributed by atoms with van der Waals surface area (Å²) in [6, 6.07) is 12.7. The van der Waals surface area contributed by atoms with Gasteiger partial charge in [-0.2, -0.15) is 5.26 Å². The van der Waals surface area contributed by atoms with E-state index >= 15 is 0 Å². The lowest BCUT2D eigenvalue weighted by Crippen LogP contribution is -2.45. The normalized spacial score (nSPS) is 13.2. The van der Waals surface area contributed by atoms with E-state index in [2.05, 4.69) is 16.0 Å². The number of nitriles is 1. The smallest absolute Gasteiger partial charge is 0.290 e. The van der Waals surface area contributed by atoms with Gasteiger partial charge in [-0.05, 0) is 42.8 Å². The monoisotopic (exact) mass is 466 g/mol. The zero-order valence-electron chi connectivity index (χ0n) is 19.1. The van der Waals surface area contributed by atoms with Crippen molar-refractivity contribution in [1.82, 2.24) is 14.5 Å². The molecular formula is C25H27FN4O4. The number of nitrogens with zero attached hydrogens (tertiary/aromatic N) is 4. The summed E-state index contributed by atoms with van der Waals surface area (Å²) < 4.78 is 27.5. The van der Waals surface area contributed by atoms with Crippen LogP contribution < -0.4 is 9.47 Å². The molecule has 178 valence electrons. The Morgan fingerprint density at radius 1 is 1.26 bits per heavy atom. The number of likely N-dealkylation sites (tertiary alicyclic amines) is 1. The van der Waals surface area contributed by atoms with E-state index in [-0.39, 0.29) is 18.2 Å². The largest absolute Gasteiger partial charge is 0.496 e. The maximum atomic E-state index is 13.9. The standard InChI is InChI=1S/C24H25FN4O2.CH2O2/c1-17-27-7-8-29(17)9-10-31-23-5-3-19(22-12-21(25)4-6-24(22)30-2)11-20(23)16-28-14-18(13-26)15-28;2-1-3/h3-8,11-12,18H,9-10,14-16H2,1-2H3;1H,(H,2,3). The molecule has 0 unspecified atom stereocenters. The number of ether oxygens (including phenoxy) is 2. The third-order valence-corrected chi connectivity index (χ3v) is 5.58. The van der Waals surface area contributed by atoms with Gasteiger partial charge in [0, 0.05) is 43.2 Å². The van der Waals surface area contributed by atoms with E-state index in [9.17, 15) is 4.39 Å². The molecule has 0 aliphatic carbocycles. The van der Waals surface area contributed by atoms with Crippen molar-refractivity contribution in [2.24, 2.45) is 5.92 Å². The first kappa shape index (κ1) is 24.7. The molecule has 0 atom stereocenters. The van der Waals surface area contributed by atoms with Gasteiger partial charge in [-0.1, -0.05) is 6.07 Å². The number of hydrogen-bond acceptors (Lipinski definition) is 6. The van der Waals surface area contributed by atoms with Crippen LogP contribution in [0.25, 0.3) is 11.1 Å². The second kappa shape index (κ2) is 11.8. The molecule has 3 aromatic rings. The molecule has 0 radical (unpaired) electrons. The number of aryl methyl sites for hydroxylation is 1. The number of rotatable bonds is 8. The number of carbonyl (C=O) groups is 1. The SMILES string of the molecule is COc1ccc(F)cc1-c1ccc(OCCn2ccnc2C)c(CN2CC(C#N)C2)c1.O=CO. The van der Waals surface area contributed by atoms with Crippen LogP contribution in [0.3, 0.4) is 0 Å². The number of methoxy groups -OCH3 is 1. The lowest BCUT2D eigenvalue weighted by Gasteiger charge is -2.35. The molecule has 0 bridgehead atoms. The number of imidazole rings is 1. The van der Waals surface area contributed by atoms with Gasteiger partial charge in [0.2, 0.25) is 0 Å². The van der Waals surface area contributed by atoms with E-state index in [1.54, 1.807) is 19.4 Å². The maximum Gasteiger partial charge on any atom is 0.290 e. The number of aromatic nitrogens is 2. The zero-order valence-corrected chi connectivity index (χ0v) is 19.1. The van der Waals surface area contributed by atoms with Gasteiger partial charge in [0.15, 0.2) is 0 Å². The Labute approximate surface area is 197 Å². The van der Waals surface area contributed by atoms with Crippen molar-refractivity contribution >= 4 is 6.47 Å². The highest BCUT2D eigenvalue weighted by Crippen LogP contribution is 2.34. The fourth-order valence-electron chi connectivity index (χ4n) is 3.83. The van der Waals surface area contributed by atoms with Crippen molar-refractivity contribution in [2.45, 2.75) is 20.0 Å². The molecule has 2 heterocycles.